The van der Waals surface area contributed by atoms with Crippen molar-refractivity contribution in [3.8, 4) is 5.75 Å². The number of benzene rings is 3. The van der Waals surface area contributed by atoms with Gasteiger partial charge in [-0.15, -0.1) is 0 Å². The Balaban J connectivity index is 2.03. The molecule has 0 heterocycles. The molecule has 0 aliphatic heterocycles. The van der Waals surface area contributed by atoms with Crippen LogP contribution in [0.1, 0.15) is 13.3 Å². The molecule has 3 aromatic carbocycles. The van der Waals surface area contributed by atoms with Crippen LogP contribution in [0.4, 0.5) is 0 Å². The predicted octanol–water partition coefficient (Wildman–Crippen LogP) is 6.27. The summed E-state index contributed by atoms with van der Waals surface area (Å²) in [4.78, 5) is 9.89. The highest BCUT2D eigenvalue weighted by molar-refractivity contribution is 8.54. The van der Waals surface area contributed by atoms with Crippen LogP contribution in [0.15, 0.2) is 48.5 Å². The molecule has 1 unspecified atom stereocenters. The van der Waals surface area contributed by atoms with Gasteiger partial charge in [-0.3, -0.25) is 0 Å². The monoisotopic (exact) mass is 366 g/mol. The van der Waals surface area contributed by atoms with Crippen LogP contribution in [-0.2, 0) is 4.57 Å². The van der Waals surface area contributed by atoms with Gasteiger partial charge in [0.2, 0.25) is 0 Å². The molecule has 3 rings (SSSR count). The third-order valence-electron chi connectivity index (χ3n) is 3.42. The molecule has 0 aromatic heterocycles. The molecular formula is C17H16ClO3PS. The lowest BCUT2D eigenvalue weighted by atomic mass is 10.0. The Morgan fingerprint density at radius 1 is 1.13 bits per heavy atom. The standard InChI is InChI=1S/C17H16ClO3PS/c1-2-7-23-22(19,20)21-15-9-14-8-12-5-3-4-6-13(12)10-16(14)17(18)11-15/h3-6,8-11H,2,7H2,1H3,(H,19,20). The highest BCUT2D eigenvalue weighted by Crippen LogP contribution is 2.55. The fourth-order valence-corrected chi connectivity index (χ4v) is 5.17. The van der Waals surface area contributed by atoms with Gasteiger partial charge in [-0.25, -0.2) is 4.57 Å². The molecule has 3 nitrogen and oxygen atoms in total. The summed E-state index contributed by atoms with van der Waals surface area (Å²) < 4.78 is 17.3. The Kier molecular flexibility index (Phi) is 4.88. The Morgan fingerprint density at radius 2 is 1.83 bits per heavy atom. The largest absolute Gasteiger partial charge is 0.437 e. The zero-order chi connectivity index (χ0) is 16.4. The highest BCUT2D eigenvalue weighted by Gasteiger charge is 2.22. The second-order valence-corrected chi connectivity index (χ2v) is 9.57. The molecule has 23 heavy (non-hydrogen) atoms. The van der Waals surface area contributed by atoms with E-state index < -0.39 is 6.80 Å². The van der Waals surface area contributed by atoms with Crippen LogP contribution in [0.2, 0.25) is 5.02 Å². The van der Waals surface area contributed by atoms with Gasteiger partial charge >= 0.3 is 6.80 Å². The molecule has 0 spiro atoms. The van der Waals surface area contributed by atoms with E-state index in [2.05, 4.69) is 0 Å². The average Bonchev–Trinajstić information content (AvgIpc) is 2.51. The summed E-state index contributed by atoms with van der Waals surface area (Å²) in [5.74, 6) is 0.881. The van der Waals surface area contributed by atoms with Gasteiger partial charge in [-0.1, -0.05) is 42.8 Å². The van der Waals surface area contributed by atoms with E-state index in [4.69, 9.17) is 16.1 Å². The maximum Gasteiger partial charge on any atom is 0.437 e. The molecule has 120 valence electrons. The molecule has 1 atom stereocenters. The molecule has 0 aliphatic rings. The van der Waals surface area contributed by atoms with Crippen molar-refractivity contribution in [2.75, 3.05) is 5.75 Å². The van der Waals surface area contributed by atoms with Gasteiger partial charge in [-0.2, -0.15) is 0 Å². The van der Waals surface area contributed by atoms with E-state index in [1.807, 2.05) is 43.3 Å². The molecule has 0 bridgehead atoms. The first-order chi connectivity index (χ1) is 11.0. The van der Waals surface area contributed by atoms with Crippen LogP contribution in [0, 0.1) is 0 Å². The van der Waals surface area contributed by atoms with Crippen molar-refractivity contribution in [3.63, 3.8) is 0 Å². The van der Waals surface area contributed by atoms with Crippen LogP contribution in [-0.4, -0.2) is 10.6 Å². The first-order valence-corrected chi connectivity index (χ1v) is 10.8. The third-order valence-corrected chi connectivity index (χ3v) is 6.84. The van der Waals surface area contributed by atoms with Crippen LogP contribution >= 0.6 is 29.8 Å². The first kappa shape index (κ1) is 16.7. The zero-order valence-corrected chi connectivity index (χ0v) is 15.0. The molecular weight excluding hydrogens is 351 g/mol. The van der Waals surface area contributed by atoms with Crippen molar-refractivity contribution < 1.29 is 14.0 Å². The van der Waals surface area contributed by atoms with Gasteiger partial charge in [0.1, 0.15) is 5.75 Å². The van der Waals surface area contributed by atoms with E-state index in [9.17, 15) is 9.46 Å². The van der Waals surface area contributed by atoms with Crippen molar-refractivity contribution in [2.24, 2.45) is 0 Å². The van der Waals surface area contributed by atoms with Crippen LogP contribution < -0.4 is 4.52 Å². The maximum absolute atomic E-state index is 12.1. The second-order valence-electron chi connectivity index (χ2n) is 5.22. The van der Waals surface area contributed by atoms with Gasteiger partial charge in [0.15, 0.2) is 0 Å². The summed E-state index contributed by atoms with van der Waals surface area (Å²) in [6, 6.07) is 15.4. The van der Waals surface area contributed by atoms with Gasteiger partial charge in [0.05, 0.1) is 5.02 Å². The lowest BCUT2D eigenvalue weighted by Gasteiger charge is -2.13. The topological polar surface area (TPSA) is 46.5 Å². The van der Waals surface area contributed by atoms with Gasteiger partial charge in [-0.05, 0) is 58.2 Å². The van der Waals surface area contributed by atoms with Crippen LogP contribution in [0.25, 0.3) is 21.5 Å². The molecule has 1 N–H and O–H groups in total. The normalized spacial score (nSPS) is 14.0. The van der Waals surface area contributed by atoms with E-state index in [0.717, 1.165) is 39.3 Å². The SMILES string of the molecule is CCCSP(=O)(O)Oc1cc(Cl)c2cc3ccccc3cc2c1. The highest BCUT2D eigenvalue weighted by atomic mass is 35.5. The average molecular weight is 367 g/mol. The zero-order valence-electron chi connectivity index (χ0n) is 12.5. The molecule has 0 amide bonds. The number of hydrogen-bond donors (Lipinski definition) is 1. The lowest BCUT2D eigenvalue weighted by Crippen LogP contribution is -1.90. The third kappa shape index (κ3) is 3.84. The van der Waals surface area contributed by atoms with Crippen molar-refractivity contribution in [3.05, 3.63) is 53.6 Å². The van der Waals surface area contributed by atoms with Crippen molar-refractivity contribution in [1.29, 1.82) is 0 Å². The number of hydrogen-bond acceptors (Lipinski definition) is 3. The van der Waals surface area contributed by atoms with Crippen molar-refractivity contribution >= 4 is 51.3 Å². The van der Waals surface area contributed by atoms with Gasteiger partial charge < -0.3 is 9.42 Å². The minimum Gasteiger partial charge on any atom is -0.417 e. The molecule has 0 saturated carbocycles. The summed E-state index contributed by atoms with van der Waals surface area (Å²) >= 11 is 7.27. The Morgan fingerprint density at radius 3 is 2.52 bits per heavy atom. The summed E-state index contributed by atoms with van der Waals surface area (Å²) in [6.45, 7) is -1.77. The number of halogens is 1. The first-order valence-electron chi connectivity index (χ1n) is 7.27. The summed E-state index contributed by atoms with van der Waals surface area (Å²) in [5, 5.41) is 4.46. The van der Waals surface area contributed by atoms with Gasteiger partial charge in [0.25, 0.3) is 0 Å². The fourth-order valence-electron chi connectivity index (χ4n) is 2.40. The van der Waals surface area contributed by atoms with E-state index in [1.165, 1.54) is 0 Å². The molecule has 0 fully saturated rings. The van der Waals surface area contributed by atoms with E-state index in [-0.39, 0.29) is 0 Å². The minimum atomic E-state index is -3.72. The van der Waals surface area contributed by atoms with E-state index in [0.29, 0.717) is 16.5 Å². The quantitative estimate of drug-likeness (QED) is 0.427. The Hall–Kier alpha value is -1.19. The number of rotatable bonds is 5. The molecule has 0 saturated heterocycles. The molecule has 0 radical (unpaired) electrons. The van der Waals surface area contributed by atoms with Crippen molar-refractivity contribution in [2.45, 2.75) is 13.3 Å². The predicted molar refractivity (Wildman–Crippen MR) is 99.7 cm³/mol. The van der Waals surface area contributed by atoms with Crippen LogP contribution in [0.3, 0.4) is 0 Å². The lowest BCUT2D eigenvalue weighted by molar-refractivity contribution is 0.403. The smallest absolute Gasteiger partial charge is 0.417 e. The fraction of sp³-hybridized carbons (Fsp3) is 0.176. The Labute approximate surface area is 143 Å². The van der Waals surface area contributed by atoms with Crippen LogP contribution in [0.5, 0.6) is 5.75 Å². The van der Waals surface area contributed by atoms with Crippen molar-refractivity contribution in [1.82, 2.24) is 0 Å². The maximum atomic E-state index is 12.1. The summed E-state index contributed by atoms with van der Waals surface area (Å²) in [6.07, 6.45) is 0.809. The molecule has 6 heteroatoms. The molecule has 3 aromatic rings. The van der Waals surface area contributed by atoms with E-state index >= 15 is 0 Å². The van der Waals surface area contributed by atoms with Gasteiger partial charge in [0, 0.05) is 11.1 Å². The number of fused-ring (bicyclic) bond motifs is 2. The summed E-state index contributed by atoms with van der Waals surface area (Å²) in [7, 11) is 0. The summed E-state index contributed by atoms with van der Waals surface area (Å²) in [5.41, 5.74) is 0. The Bertz CT molecular complexity index is 913. The van der Waals surface area contributed by atoms with E-state index in [1.54, 1.807) is 12.1 Å². The minimum absolute atomic E-state index is 0.312. The molecule has 0 aliphatic carbocycles. The second kappa shape index (κ2) is 6.74.